The Morgan fingerprint density at radius 1 is 0.733 bits per heavy atom. The predicted octanol–water partition coefficient (Wildman–Crippen LogP) is 4.21. The van der Waals surface area contributed by atoms with Crippen LogP contribution in [-0.4, -0.2) is 42.9 Å². The minimum Gasteiger partial charge on any atom is -0.368 e. The van der Waals surface area contributed by atoms with E-state index in [1.165, 1.54) is 0 Å². The van der Waals surface area contributed by atoms with Gasteiger partial charge in [0, 0.05) is 48.7 Å². The number of hydrogen-bond acceptors (Lipinski definition) is 3. The van der Waals surface area contributed by atoms with E-state index in [4.69, 9.17) is 0 Å². The van der Waals surface area contributed by atoms with Crippen molar-refractivity contribution in [2.45, 2.75) is 6.92 Å². The van der Waals surface area contributed by atoms with E-state index >= 15 is 0 Å². The Balaban J connectivity index is 1.33. The van der Waals surface area contributed by atoms with Crippen molar-refractivity contribution in [3.63, 3.8) is 0 Å². The van der Waals surface area contributed by atoms with Crippen LogP contribution in [0.15, 0.2) is 78.9 Å². The summed E-state index contributed by atoms with van der Waals surface area (Å²) < 4.78 is 0. The summed E-state index contributed by atoms with van der Waals surface area (Å²) in [5.41, 5.74) is 4.39. The van der Waals surface area contributed by atoms with E-state index in [1.807, 2.05) is 78.6 Å². The molecule has 1 saturated heterocycles. The van der Waals surface area contributed by atoms with Crippen LogP contribution in [0, 0.1) is 6.92 Å². The summed E-state index contributed by atoms with van der Waals surface area (Å²) in [6, 6.07) is 24.8. The first-order valence-electron chi connectivity index (χ1n) is 10.2. The first-order chi connectivity index (χ1) is 14.6. The molecule has 0 saturated carbocycles. The number of carbonyl (C=O) groups excluding carboxylic acids is 2. The monoisotopic (exact) mass is 399 g/mol. The van der Waals surface area contributed by atoms with Gasteiger partial charge in [-0.25, -0.2) is 0 Å². The van der Waals surface area contributed by atoms with E-state index in [0.717, 1.165) is 35.6 Å². The second-order valence-electron chi connectivity index (χ2n) is 7.51. The Hall–Kier alpha value is -3.60. The molecule has 0 spiro atoms. The number of anilines is 2. The van der Waals surface area contributed by atoms with Gasteiger partial charge in [-0.05, 0) is 55.5 Å². The summed E-state index contributed by atoms with van der Waals surface area (Å²) in [5.74, 6) is -0.0276. The Morgan fingerprint density at radius 3 is 2.00 bits per heavy atom. The maximum absolute atomic E-state index is 12.7. The molecule has 152 valence electrons. The van der Waals surface area contributed by atoms with Crippen LogP contribution in [0.2, 0.25) is 0 Å². The van der Waals surface area contributed by atoms with Crippen molar-refractivity contribution >= 4 is 23.2 Å². The predicted molar refractivity (Wildman–Crippen MR) is 120 cm³/mol. The maximum atomic E-state index is 12.7. The average Bonchev–Trinajstić information content (AvgIpc) is 2.80. The molecule has 1 fully saturated rings. The number of benzene rings is 3. The lowest BCUT2D eigenvalue weighted by molar-refractivity contribution is 0.0746. The molecule has 5 heteroatoms. The lowest BCUT2D eigenvalue weighted by Gasteiger charge is -2.36. The average molecular weight is 399 g/mol. The molecule has 2 amide bonds. The van der Waals surface area contributed by atoms with Crippen molar-refractivity contribution in [3.05, 3.63) is 95.6 Å². The molecule has 3 aromatic rings. The molecule has 4 rings (SSSR count). The molecule has 30 heavy (non-hydrogen) atoms. The molecule has 0 bridgehead atoms. The minimum absolute atomic E-state index is 0.0913. The number of rotatable bonds is 4. The number of carbonyl (C=O) groups is 2. The zero-order valence-electron chi connectivity index (χ0n) is 17.0. The molecule has 1 heterocycles. The molecule has 0 aromatic heterocycles. The highest BCUT2D eigenvalue weighted by Crippen LogP contribution is 2.21. The fraction of sp³-hybridized carbons (Fsp3) is 0.200. The molecule has 1 aliphatic heterocycles. The Labute approximate surface area is 176 Å². The molecular formula is C25H25N3O2. The lowest BCUT2D eigenvalue weighted by Crippen LogP contribution is -2.48. The smallest absolute Gasteiger partial charge is 0.255 e. The third-order valence-electron chi connectivity index (χ3n) is 5.39. The number of amides is 2. The number of nitrogens with one attached hydrogen (secondary N) is 1. The molecule has 0 unspecified atom stereocenters. The Morgan fingerprint density at radius 2 is 1.37 bits per heavy atom. The fourth-order valence-electron chi connectivity index (χ4n) is 3.59. The zero-order valence-corrected chi connectivity index (χ0v) is 17.0. The van der Waals surface area contributed by atoms with Crippen LogP contribution in [0.1, 0.15) is 26.3 Å². The van der Waals surface area contributed by atoms with Crippen LogP contribution in [0.25, 0.3) is 0 Å². The number of hydrogen-bond donors (Lipinski definition) is 1. The largest absolute Gasteiger partial charge is 0.368 e. The van der Waals surface area contributed by atoms with Crippen LogP contribution >= 0.6 is 0 Å². The number of piperazine rings is 1. The third-order valence-corrected chi connectivity index (χ3v) is 5.39. The van der Waals surface area contributed by atoms with Crippen LogP contribution in [0.5, 0.6) is 0 Å². The quantitative estimate of drug-likeness (QED) is 0.715. The molecular weight excluding hydrogens is 374 g/mol. The van der Waals surface area contributed by atoms with Crippen molar-refractivity contribution in [3.8, 4) is 0 Å². The van der Waals surface area contributed by atoms with Crippen molar-refractivity contribution in [2.24, 2.45) is 0 Å². The van der Waals surface area contributed by atoms with Gasteiger partial charge in [-0.1, -0.05) is 35.9 Å². The van der Waals surface area contributed by atoms with Crippen LogP contribution in [-0.2, 0) is 0 Å². The fourth-order valence-corrected chi connectivity index (χ4v) is 3.59. The van der Waals surface area contributed by atoms with Gasteiger partial charge in [0.2, 0.25) is 0 Å². The highest BCUT2D eigenvalue weighted by molar-refractivity contribution is 6.04. The molecule has 1 aliphatic rings. The van der Waals surface area contributed by atoms with Crippen molar-refractivity contribution in [2.75, 3.05) is 36.4 Å². The Kier molecular flexibility index (Phi) is 5.80. The highest BCUT2D eigenvalue weighted by Gasteiger charge is 2.22. The summed E-state index contributed by atoms with van der Waals surface area (Å²) in [4.78, 5) is 29.1. The van der Waals surface area contributed by atoms with Gasteiger partial charge in [0.1, 0.15) is 0 Å². The van der Waals surface area contributed by atoms with E-state index in [1.54, 1.807) is 12.1 Å². The van der Waals surface area contributed by atoms with Crippen molar-refractivity contribution < 1.29 is 9.59 Å². The summed E-state index contributed by atoms with van der Waals surface area (Å²) in [6.07, 6.45) is 0. The summed E-state index contributed by atoms with van der Waals surface area (Å²) in [5, 5.41) is 2.92. The molecule has 5 nitrogen and oxygen atoms in total. The normalized spacial score (nSPS) is 13.8. The first kappa shape index (κ1) is 19.7. The minimum atomic E-state index is -0.119. The maximum Gasteiger partial charge on any atom is 0.255 e. The van der Waals surface area contributed by atoms with Gasteiger partial charge < -0.3 is 15.1 Å². The van der Waals surface area contributed by atoms with Crippen molar-refractivity contribution in [1.82, 2.24) is 4.90 Å². The van der Waals surface area contributed by atoms with E-state index in [2.05, 4.69) is 10.2 Å². The third kappa shape index (κ3) is 4.51. The lowest BCUT2D eigenvalue weighted by atomic mass is 10.1. The van der Waals surface area contributed by atoms with Crippen LogP contribution < -0.4 is 10.2 Å². The molecule has 1 N–H and O–H groups in total. The van der Waals surface area contributed by atoms with Gasteiger partial charge in [0.25, 0.3) is 11.8 Å². The molecule has 0 radical (unpaired) electrons. The second-order valence-corrected chi connectivity index (χ2v) is 7.51. The van der Waals surface area contributed by atoms with Crippen LogP contribution in [0.4, 0.5) is 11.4 Å². The van der Waals surface area contributed by atoms with Gasteiger partial charge in [0.15, 0.2) is 0 Å². The van der Waals surface area contributed by atoms with Gasteiger partial charge in [-0.3, -0.25) is 9.59 Å². The number of nitrogens with zero attached hydrogens (tertiary/aromatic N) is 2. The zero-order chi connectivity index (χ0) is 20.9. The summed E-state index contributed by atoms with van der Waals surface area (Å²) in [7, 11) is 0. The van der Waals surface area contributed by atoms with E-state index < -0.39 is 0 Å². The van der Waals surface area contributed by atoms with Gasteiger partial charge in [0.05, 0.1) is 0 Å². The summed E-state index contributed by atoms with van der Waals surface area (Å²) >= 11 is 0. The topological polar surface area (TPSA) is 52.7 Å². The first-order valence-corrected chi connectivity index (χ1v) is 10.2. The number of aryl methyl sites for hydroxylation is 1. The van der Waals surface area contributed by atoms with E-state index in [-0.39, 0.29) is 11.8 Å². The SMILES string of the molecule is Cc1ccc(C(=O)N2CCN(c3ccc(NC(=O)c4ccccc4)cc3)CC2)cc1. The Bertz CT molecular complexity index is 1010. The van der Waals surface area contributed by atoms with Gasteiger partial charge in [-0.15, -0.1) is 0 Å². The molecule has 0 atom stereocenters. The summed E-state index contributed by atoms with van der Waals surface area (Å²) in [6.45, 7) is 4.98. The van der Waals surface area contributed by atoms with Gasteiger partial charge >= 0.3 is 0 Å². The molecule has 3 aromatic carbocycles. The van der Waals surface area contributed by atoms with Crippen LogP contribution in [0.3, 0.4) is 0 Å². The van der Waals surface area contributed by atoms with Gasteiger partial charge in [-0.2, -0.15) is 0 Å². The van der Waals surface area contributed by atoms with E-state index in [0.29, 0.717) is 18.7 Å². The standard InChI is InChI=1S/C25H25N3O2/c1-19-7-9-21(10-8-19)25(30)28-17-15-27(16-18-28)23-13-11-22(12-14-23)26-24(29)20-5-3-2-4-6-20/h2-14H,15-18H2,1H3,(H,26,29). The molecule has 0 aliphatic carbocycles. The highest BCUT2D eigenvalue weighted by atomic mass is 16.2. The second kappa shape index (κ2) is 8.82. The van der Waals surface area contributed by atoms with E-state index in [9.17, 15) is 9.59 Å². The van der Waals surface area contributed by atoms with Crippen molar-refractivity contribution in [1.29, 1.82) is 0 Å².